The first-order valence-corrected chi connectivity index (χ1v) is 4.22. The summed E-state index contributed by atoms with van der Waals surface area (Å²) in [6.07, 6.45) is 4.97. The van der Waals surface area contributed by atoms with E-state index in [1.807, 2.05) is 0 Å². The lowest BCUT2D eigenvalue weighted by molar-refractivity contribution is 0.161. The second-order valence-electron chi connectivity index (χ2n) is 4.03. The van der Waals surface area contributed by atoms with Gasteiger partial charge < -0.3 is 11.1 Å². The smallest absolute Gasteiger partial charge is 0.0217 e. The zero-order valence-electron chi connectivity index (χ0n) is 6.61. The number of rotatable bonds is 2. The molecule has 3 aliphatic carbocycles. The number of nitrogens with one attached hydrogen (secondary N) is 1. The molecule has 3 saturated carbocycles. The van der Waals surface area contributed by atoms with Crippen LogP contribution in [0.15, 0.2) is 0 Å². The predicted octanol–water partition coefficient (Wildman–Crippen LogP) is 0.620. The highest BCUT2D eigenvalue weighted by molar-refractivity contribution is 5.19. The van der Waals surface area contributed by atoms with Crippen LogP contribution in [0.2, 0.25) is 0 Å². The third-order valence-electron chi connectivity index (χ3n) is 3.03. The molecule has 0 spiro atoms. The quantitative estimate of drug-likeness (QED) is 0.590. The van der Waals surface area contributed by atoms with Crippen LogP contribution in [0, 0.1) is 0 Å². The van der Waals surface area contributed by atoms with Gasteiger partial charge in [0.2, 0.25) is 0 Å². The van der Waals surface area contributed by atoms with Crippen LogP contribution in [0.5, 0.6) is 0 Å². The van der Waals surface area contributed by atoms with E-state index in [4.69, 9.17) is 5.73 Å². The molecule has 0 aliphatic heterocycles. The van der Waals surface area contributed by atoms with Gasteiger partial charge in [-0.1, -0.05) is 6.92 Å². The molecule has 0 amide bonds. The Morgan fingerprint density at radius 2 is 2.10 bits per heavy atom. The summed E-state index contributed by atoms with van der Waals surface area (Å²) < 4.78 is 0. The fourth-order valence-electron chi connectivity index (χ4n) is 2.73. The summed E-state index contributed by atoms with van der Waals surface area (Å²) in [4.78, 5) is 0. The van der Waals surface area contributed by atoms with Gasteiger partial charge in [0.25, 0.3) is 0 Å². The third-order valence-corrected chi connectivity index (χ3v) is 3.03. The molecule has 3 aliphatic rings. The zero-order chi connectivity index (χ0) is 7.24. The Balaban J connectivity index is 2.00. The summed E-state index contributed by atoms with van der Waals surface area (Å²) in [5.41, 5.74) is 6.73. The van der Waals surface area contributed by atoms with Crippen molar-refractivity contribution in [3.8, 4) is 0 Å². The lowest BCUT2D eigenvalue weighted by Gasteiger charge is -2.45. The van der Waals surface area contributed by atoms with Crippen LogP contribution in [-0.4, -0.2) is 17.6 Å². The van der Waals surface area contributed by atoms with E-state index in [2.05, 4.69) is 12.2 Å². The minimum atomic E-state index is 0.238. The van der Waals surface area contributed by atoms with Gasteiger partial charge in [0, 0.05) is 11.1 Å². The van der Waals surface area contributed by atoms with Crippen molar-refractivity contribution in [2.75, 3.05) is 6.54 Å². The molecule has 0 aromatic heterocycles. The van der Waals surface area contributed by atoms with Gasteiger partial charge in [0.05, 0.1) is 0 Å². The van der Waals surface area contributed by atoms with Crippen molar-refractivity contribution in [2.45, 2.75) is 43.7 Å². The molecule has 58 valence electrons. The summed E-state index contributed by atoms with van der Waals surface area (Å²) in [7, 11) is 0. The van der Waals surface area contributed by atoms with Gasteiger partial charge in [-0.15, -0.1) is 0 Å². The standard InChI is InChI=1S/C8H16N2/c1-2-10-8-4-3-7(9,5-8)6-8/h10H,2-6,9H2,1H3. The molecule has 2 bridgehead atoms. The predicted molar refractivity (Wildman–Crippen MR) is 41.8 cm³/mol. The molecule has 0 atom stereocenters. The minimum absolute atomic E-state index is 0.238. The van der Waals surface area contributed by atoms with Gasteiger partial charge in [-0.2, -0.15) is 0 Å². The second kappa shape index (κ2) is 1.74. The Morgan fingerprint density at radius 3 is 2.50 bits per heavy atom. The Kier molecular flexibility index (Phi) is 1.15. The molecule has 3 rings (SSSR count). The SMILES string of the molecule is CCNC12CCC(N)(C1)C2. The number of hydrogen-bond donors (Lipinski definition) is 2. The summed E-state index contributed by atoms with van der Waals surface area (Å²) in [5, 5.41) is 3.53. The third kappa shape index (κ3) is 0.722. The van der Waals surface area contributed by atoms with Crippen molar-refractivity contribution in [2.24, 2.45) is 5.73 Å². The Hall–Kier alpha value is -0.0800. The Bertz CT molecular complexity index is 143. The average molecular weight is 140 g/mol. The first-order chi connectivity index (χ1) is 4.68. The molecule has 0 radical (unpaired) electrons. The van der Waals surface area contributed by atoms with Crippen LogP contribution in [0.4, 0.5) is 0 Å². The summed E-state index contributed by atoms with van der Waals surface area (Å²) in [6.45, 7) is 3.26. The van der Waals surface area contributed by atoms with Gasteiger partial charge in [-0.3, -0.25) is 0 Å². The van der Waals surface area contributed by atoms with Crippen molar-refractivity contribution in [3.63, 3.8) is 0 Å². The van der Waals surface area contributed by atoms with E-state index in [0.717, 1.165) is 6.54 Å². The van der Waals surface area contributed by atoms with Crippen molar-refractivity contribution >= 4 is 0 Å². The molecule has 3 fully saturated rings. The molecule has 0 aromatic rings. The highest BCUT2D eigenvalue weighted by atomic mass is 15.1. The average Bonchev–Trinajstić information content (AvgIpc) is 2.21. The second-order valence-corrected chi connectivity index (χ2v) is 4.03. The fourth-order valence-corrected chi connectivity index (χ4v) is 2.73. The van der Waals surface area contributed by atoms with Crippen LogP contribution >= 0.6 is 0 Å². The topological polar surface area (TPSA) is 38.0 Å². The molecule has 3 N–H and O–H groups in total. The van der Waals surface area contributed by atoms with Crippen LogP contribution in [-0.2, 0) is 0 Å². The maximum atomic E-state index is 6.02. The van der Waals surface area contributed by atoms with Crippen LogP contribution in [0.3, 0.4) is 0 Å². The summed E-state index contributed by atoms with van der Waals surface area (Å²) >= 11 is 0. The normalized spacial score (nSPS) is 51.0. The van der Waals surface area contributed by atoms with Crippen molar-refractivity contribution < 1.29 is 0 Å². The van der Waals surface area contributed by atoms with E-state index in [-0.39, 0.29) is 5.54 Å². The maximum absolute atomic E-state index is 6.02. The summed E-state index contributed by atoms with van der Waals surface area (Å²) in [5.74, 6) is 0. The van der Waals surface area contributed by atoms with E-state index in [1.165, 1.54) is 25.7 Å². The van der Waals surface area contributed by atoms with Crippen LogP contribution in [0.25, 0.3) is 0 Å². The van der Waals surface area contributed by atoms with Gasteiger partial charge >= 0.3 is 0 Å². The first kappa shape index (κ1) is 6.62. The Labute approximate surface area is 62.2 Å². The molecule has 10 heavy (non-hydrogen) atoms. The van der Waals surface area contributed by atoms with E-state index < -0.39 is 0 Å². The molecule has 0 aromatic carbocycles. The number of nitrogens with two attached hydrogens (primary N) is 1. The molecule has 0 heterocycles. The van der Waals surface area contributed by atoms with Gasteiger partial charge in [-0.25, -0.2) is 0 Å². The van der Waals surface area contributed by atoms with Crippen molar-refractivity contribution in [3.05, 3.63) is 0 Å². The van der Waals surface area contributed by atoms with E-state index >= 15 is 0 Å². The molecule has 0 saturated heterocycles. The molecule has 2 nitrogen and oxygen atoms in total. The molecule has 2 heteroatoms. The number of fused-ring (bicyclic) bond motifs is 1. The van der Waals surface area contributed by atoms with Crippen molar-refractivity contribution in [1.29, 1.82) is 0 Å². The van der Waals surface area contributed by atoms with Crippen LogP contribution in [0.1, 0.15) is 32.6 Å². The van der Waals surface area contributed by atoms with Gasteiger partial charge in [-0.05, 0) is 32.2 Å². The molecular formula is C8H16N2. The lowest BCUT2D eigenvalue weighted by atomic mass is 9.72. The molecule has 0 unspecified atom stereocenters. The molecular weight excluding hydrogens is 124 g/mol. The largest absolute Gasteiger partial charge is 0.325 e. The van der Waals surface area contributed by atoms with Gasteiger partial charge in [0.15, 0.2) is 0 Å². The first-order valence-electron chi connectivity index (χ1n) is 4.22. The number of hydrogen-bond acceptors (Lipinski definition) is 2. The van der Waals surface area contributed by atoms with E-state index in [1.54, 1.807) is 0 Å². The Morgan fingerprint density at radius 1 is 1.40 bits per heavy atom. The van der Waals surface area contributed by atoms with Crippen LogP contribution < -0.4 is 11.1 Å². The highest BCUT2D eigenvalue weighted by Crippen LogP contribution is 2.53. The fraction of sp³-hybridized carbons (Fsp3) is 1.00. The van der Waals surface area contributed by atoms with Gasteiger partial charge in [0.1, 0.15) is 0 Å². The van der Waals surface area contributed by atoms with E-state index in [9.17, 15) is 0 Å². The van der Waals surface area contributed by atoms with E-state index in [0.29, 0.717) is 5.54 Å². The lowest BCUT2D eigenvalue weighted by Crippen LogP contribution is -2.60. The maximum Gasteiger partial charge on any atom is 0.0217 e. The summed E-state index contributed by atoms with van der Waals surface area (Å²) in [6, 6.07) is 0. The zero-order valence-corrected chi connectivity index (χ0v) is 6.61. The highest BCUT2D eigenvalue weighted by Gasteiger charge is 2.57. The van der Waals surface area contributed by atoms with Crippen molar-refractivity contribution in [1.82, 2.24) is 5.32 Å². The minimum Gasteiger partial charge on any atom is -0.325 e. The monoisotopic (exact) mass is 140 g/mol.